The number of Topliss-reactive ketones (excluding diaryl/α,β-unsaturated/α-hetero) is 1. The first kappa shape index (κ1) is 56.3. The van der Waals surface area contributed by atoms with Crippen LogP contribution in [0.3, 0.4) is 0 Å². The SMILES string of the molecule is CC(=O)O[C@H]1C(=O)[C@@]2(C)[C@H](C(OC(=O)c3ccccc3)[C@]3(O)CC(OC(=O)[C@H](OC(=O)CCC(=O)NCCN4C(=O)C=CC4=O)[C@@H](NC(=O)c4ccccc4)c4ccccc4)C(C)=C1C3(C)C)[C@]1(OC(C)=O)CO[C@@H]1C[C@@H]2O. The lowest BCUT2D eigenvalue weighted by atomic mass is 9.44. The van der Waals surface area contributed by atoms with Crippen molar-refractivity contribution in [1.29, 1.82) is 0 Å². The first-order valence-corrected chi connectivity index (χ1v) is 25.5. The second kappa shape index (κ2) is 22.2. The number of ketones is 1. The van der Waals surface area contributed by atoms with Gasteiger partial charge in [-0.05, 0) is 54.8 Å². The highest BCUT2D eigenvalue weighted by atomic mass is 16.6. The van der Waals surface area contributed by atoms with Crippen LogP contribution in [0.5, 0.6) is 0 Å². The zero-order valence-corrected chi connectivity index (χ0v) is 43.8. The van der Waals surface area contributed by atoms with Crippen molar-refractivity contribution in [3.05, 3.63) is 131 Å². The molecule has 0 radical (unpaired) electrons. The summed E-state index contributed by atoms with van der Waals surface area (Å²) < 4.78 is 36.7. The highest BCUT2D eigenvalue weighted by Crippen LogP contribution is 2.64. The molecule has 3 aromatic rings. The van der Waals surface area contributed by atoms with Gasteiger partial charge in [-0.25, -0.2) is 9.59 Å². The lowest BCUT2D eigenvalue weighted by molar-refractivity contribution is -0.346. The standard InChI is InChI=1S/C57H61N3O18/c1-31-37(75-53(71)47(45(34-16-10-7-11-17-34)59-51(69)35-18-12-8-13-19-35)76-43(67)25-22-40(64)58-26-27-60-41(65)23-24-42(60)66)29-57(72)50(77-52(70)36-20-14-9-15-21-36)48-55(6,38(63)28-39-56(48,30-73-39)78-33(3)62)49(68)46(74-32(2)61)44(31)54(57,4)5/h7-21,23-24,37-39,45-48,50,63,72H,22,25-30H2,1-6H3,(H,58,64)(H,59,69)/t37?,38-,39+,45-,46+,47+,48-,50?,55+,56-,57+/m0/s1. The maximum atomic E-state index is 15.8. The summed E-state index contributed by atoms with van der Waals surface area (Å²) in [6, 6.07) is 22.0. The first-order valence-electron chi connectivity index (χ1n) is 25.5. The van der Waals surface area contributed by atoms with Gasteiger partial charge in [-0.15, -0.1) is 0 Å². The van der Waals surface area contributed by atoms with Crippen LogP contribution in [0, 0.1) is 16.7 Å². The predicted molar refractivity (Wildman–Crippen MR) is 270 cm³/mol. The van der Waals surface area contributed by atoms with Crippen molar-refractivity contribution in [2.24, 2.45) is 16.7 Å². The smallest absolute Gasteiger partial charge is 0.350 e. The molecule has 2 saturated carbocycles. The predicted octanol–water partition coefficient (Wildman–Crippen LogP) is 3.11. The summed E-state index contributed by atoms with van der Waals surface area (Å²) in [6.45, 7) is 7.36. The molecule has 8 rings (SSSR count). The average molecular weight is 1080 g/mol. The van der Waals surface area contributed by atoms with Crippen LogP contribution in [-0.2, 0) is 66.8 Å². The van der Waals surface area contributed by atoms with Crippen molar-refractivity contribution in [2.45, 2.75) is 121 Å². The molecule has 11 atom stereocenters. The molecule has 3 aromatic carbocycles. The molecule has 0 aromatic heterocycles. The number of carbonyl (C=O) groups excluding carboxylic acids is 10. The number of benzene rings is 3. The van der Waals surface area contributed by atoms with Gasteiger partial charge in [0, 0.05) is 69.3 Å². The van der Waals surface area contributed by atoms with Gasteiger partial charge >= 0.3 is 29.8 Å². The summed E-state index contributed by atoms with van der Waals surface area (Å²) in [5.74, 6) is -10.3. The molecule has 2 aliphatic heterocycles. The number of esters is 5. The van der Waals surface area contributed by atoms with E-state index in [-0.39, 0.29) is 54.0 Å². The molecule has 3 aliphatic carbocycles. The largest absolute Gasteiger partial charge is 0.455 e. The Bertz CT molecular complexity index is 2940. The maximum absolute atomic E-state index is 15.8. The van der Waals surface area contributed by atoms with E-state index in [2.05, 4.69) is 10.6 Å². The van der Waals surface area contributed by atoms with Gasteiger partial charge in [-0.1, -0.05) is 80.6 Å². The molecule has 4 N–H and O–H groups in total. The number of carbonyl (C=O) groups is 10. The summed E-state index contributed by atoms with van der Waals surface area (Å²) in [5.41, 5.74) is -7.94. The van der Waals surface area contributed by atoms with Crippen LogP contribution in [0.4, 0.5) is 0 Å². The molecule has 2 heterocycles. The molecule has 0 spiro atoms. The van der Waals surface area contributed by atoms with Crippen molar-refractivity contribution in [2.75, 3.05) is 19.7 Å². The maximum Gasteiger partial charge on any atom is 0.350 e. The van der Waals surface area contributed by atoms with Crippen LogP contribution in [0.2, 0.25) is 0 Å². The Balaban J connectivity index is 1.22. The van der Waals surface area contributed by atoms with Gasteiger partial charge in [0.2, 0.25) is 12.0 Å². The molecule has 412 valence electrons. The van der Waals surface area contributed by atoms with Crippen molar-refractivity contribution in [1.82, 2.24) is 15.5 Å². The van der Waals surface area contributed by atoms with Crippen molar-refractivity contribution in [3.63, 3.8) is 0 Å². The van der Waals surface area contributed by atoms with E-state index >= 15 is 9.59 Å². The minimum absolute atomic E-state index is 0.0103. The molecular weight excluding hydrogens is 1010 g/mol. The lowest BCUT2D eigenvalue weighted by Crippen LogP contribution is -2.82. The number of imide groups is 1. The molecule has 5 aliphatic rings. The zero-order chi connectivity index (χ0) is 56.5. The third kappa shape index (κ3) is 10.5. The Labute approximate surface area is 448 Å². The second-order valence-electron chi connectivity index (χ2n) is 20.8. The van der Waals surface area contributed by atoms with Crippen LogP contribution in [0.1, 0.15) is 99.5 Å². The fourth-order valence-electron chi connectivity index (χ4n) is 11.7. The minimum Gasteiger partial charge on any atom is -0.455 e. The van der Waals surface area contributed by atoms with Crippen LogP contribution >= 0.6 is 0 Å². The van der Waals surface area contributed by atoms with Crippen LogP contribution in [-0.4, -0.2) is 142 Å². The van der Waals surface area contributed by atoms with E-state index in [4.69, 9.17) is 28.4 Å². The number of hydrogen-bond donors (Lipinski definition) is 4. The van der Waals surface area contributed by atoms with E-state index in [0.29, 0.717) is 0 Å². The van der Waals surface area contributed by atoms with Gasteiger partial charge in [-0.2, -0.15) is 0 Å². The Hall–Kier alpha value is -7.88. The molecular formula is C57H61N3O18. The van der Waals surface area contributed by atoms with Gasteiger partial charge in [0.05, 0.1) is 36.0 Å². The first-order chi connectivity index (χ1) is 36.9. The van der Waals surface area contributed by atoms with Gasteiger partial charge < -0.3 is 49.3 Å². The van der Waals surface area contributed by atoms with Crippen LogP contribution < -0.4 is 10.6 Å². The molecule has 2 bridgehead atoms. The molecule has 3 fully saturated rings. The van der Waals surface area contributed by atoms with E-state index < -0.39 is 149 Å². The summed E-state index contributed by atoms with van der Waals surface area (Å²) >= 11 is 0. The topological polar surface area (TPSA) is 294 Å². The number of aliphatic hydroxyl groups is 2. The van der Waals surface area contributed by atoms with Gasteiger partial charge in [-0.3, -0.25) is 43.3 Å². The van der Waals surface area contributed by atoms with Crippen molar-refractivity contribution in [3.8, 4) is 0 Å². The fourth-order valence-corrected chi connectivity index (χ4v) is 11.7. The van der Waals surface area contributed by atoms with Crippen LogP contribution in [0.25, 0.3) is 0 Å². The van der Waals surface area contributed by atoms with Crippen LogP contribution in [0.15, 0.2) is 114 Å². The molecule has 1 saturated heterocycles. The molecule has 2 unspecified atom stereocenters. The van der Waals surface area contributed by atoms with Gasteiger partial charge in [0.25, 0.3) is 17.7 Å². The fraction of sp³-hybridized carbons (Fsp3) is 0.439. The molecule has 21 nitrogen and oxygen atoms in total. The Kier molecular flexibility index (Phi) is 16.1. The summed E-state index contributed by atoms with van der Waals surface area (Å²) in [4.78, 5) is 138. The number of nitrogens with one attached hydrogen (secondary N) is 2. The highest BCUT2D eigenvalue weighted by Gasteiger charge is 2.78. The van der Waals surface area contributed by atoms with E-state index in [0.717, 1.165) is 30.9 Å². The Morgan fingerprint density at radius 1 is 0.795 bits per heavy atom. The Morgan fingerprint density at radius 3 is 1.97 bits per heavy atom. The third-order valence-corrected chi connectivity index (χ3v) is 15.8. The van der Waals surface area contributed by atoms with Gasteiger partial charge in [0.15, 0.2) is 17.5 Å². The number of amides is 4. The molecule has 78 heavy (non-hydrogen) atoms. The van der Waals surface area contributed by atoms with E-state index in [1.165, 1.54) is 52.0 Å². The summed E-state index contributed by atoms with van der Waals surface area (Å²) in [7, 11) is 0. The van der Waals surface area contributed by atoms with Crippen molar-refractivity contribution >= 4 is 59.3 Å². The van der Waals surface area contributed by atoms with E-state index in [9.17, 15) is 48.6 Å². The number of hydrogen-bond acceptors (Lipinski definition) is 18. The normalized spacial score (nSPS) is 28.5. The van der Waals surface area contributed by atoms with Gasteiger partial charge in [0.1, 0.15) is 30.0 Å². The number of aliphatic hydroxyl groups excluding tert-OH is 1. The number of fused-ring (bicyclic) bond motifs is 5. The average Bonchev–Trinajstić information content (AvgIpc) is 3.28. The van der Waals surface area contributed by atoms with E-state index in [1.54, 1.807) is 66.7 Å². The number of rotatable bonds is 17. The number of ether oxygens (including phenoxy) is 6. The molecule has 4 amide bonds. The lowest BCUT2D eigenvalue weighted by Gasteiger charge is -2.67. The second-order valence-corrected chi connectivity index (χ2v) is 20.8. The highest BCUT2D eigenvalue weighted by molar-refractivity contribution is 6.13. The van der Waals surface area contributed by atoms with E-state index in [1.807, 2.05) is 0 Å². The van der Waals surface area contributed by atoms with Crippen molar-refractivity contribution < 1.29 is 86.6 Å². The zero-order valence-electron chi connectivity index (χ0n) is 43.8. The summed E-state index contributed by atoms with van der Waals surface area (Å²) in [5, 5.41) is 31.5. The monoisotopic (exact) mass is 1080 g/mol. The Morgan fingerprint density at radius 2 is 1.40 bits per heavy atom. The number of nitrogens with zero attached hydrogens (tertiary/aromatic N) is 1. The summed E-state index contributed by atoms with van der Waals surface area (Å²) in [6.07, 6.45) is -10.2. The molecule has 21 heteroatoms. The third-order valence-electron chi connectivity index (χ3n) is 15.8. The quantitative estimate of drug-likeness (QED) is 0.0654. The minimum atomic E-state index is -2.53.